The lowest BCUT2D eigenvalue weighted by Gasteiger charge is -2.15. The summed E-state index contributed by atoms with van der Waals surface area (Å²) in [7, 11) is 0. The van der Waals surface area contributed by atoms with Gasteiger partial charge in [0.25, 0.3) is 0 Å². The van der Waals surface area contributed by atoms with Crippen LogP contribution in [-0.4, -0.2) is 27.4 Å². The molecule has 0 N–H and O–H groups in total. The number of hydrogen-bond donors (Lipinski definition) is 0. The lowest BCUT2D eigenvalue weighted by molar-refractivity contribution is 1.13. The molecule has 0 amide bonds. The molecule has 6 nitrogen and oxygen atoms in total. The first kappa shape index (κ1) is 67.7. The molecule has 0 aliphatic rings. The van der Waals surface area contributed by atoms with Crippen molar-refractivity contribution in [3.05, 3.63) is 336 Å². The number of fused-ring (bicyclic) bond motifs is 20. The van der Waals surface area contributed by atoms with Crippen LogP contribution in [0.3, 0.4) is 0 Å². The number of aryl methyl sites for hydroxylation is 8. The molecule has 6 aromatic heterocycles. The van der Waals surface area contributed by atoms with Crippen LogP contribution in [0.25, 0.3) is 198 Å². The summed E-state index contributed by atoms with van der Waals surface area (Å²) >= 11 is 0. The van der Waals surface area contributed by atoms with Crippen molar-refractivity contribution in [3.63, 3.8) is 0 Å². The molecule has 0 atom stereocenters. The molecule has 0 unspecified atom stereocenters. The largest absolute Gasteiger partial charge is 0.309 e. The fourth-order valence-corrected chi connectivity index (χ4v) is 19.7. The smallest absolute Gasteiger partial charge is 0.0542 e. The Morgan fingerprint density at radius 3 is 0.509 bits per heavy atom. The predicted molar refractivity (Wildman–Crippen MR) is 488 cm³/mol. The van der Waals surface area contributed by atoms with Crippen molar-refractivity contribution < 1.29 is 0 Å². The van der Waals surface area contributed by atoms with Crippen molar-refractivity contribution in [1.82, 2.24) is 27.4 Å². The summed E-state index contributed by atoms with van der Waals surface area (Å²) in [5.41, 5.74) is 34.6. The summed E-state index contributed by atoms with van der Waals surface area (Å²) in [6.07, 6.45) is 7.91. The molecule has 0 bridgehead atoms. The van der Waals surface area contributed by atoms with Crippen LogP contribution in [0, 0.1) is 0 Å². The number of nitrogens with zero attached hydrogens (tertiary/aromatic N) is 6. The fourth-order valence-electron chi connectivity index (χ4n) is 19.7. The summed E-state index contributed by atoms with van der Waals surface area (Å²) in [5.74, 6) is 0. The zero-order chi connectivity index (χ0) is 76.5. The molecule has 6 heterocycles. The van der Waals surface area contributed by atoms with Crippen LogP contribution >= 0.6 is 0 Å². The van der Waals surface area contributed by atoms with Gasteiger partial charge in [-0.05, 0) is 323 Å². The maximum atomic E-state index is 2.52. The van der Waals surface area contributed by atoms with E-state index in [2.05, 4.69) is 374 Å². The molecule has 0 radical (unpaired) electrons. The zero-order valence-electron chi connectivity index (χ0n) is 66.1. The van der Waals surface area contributed by atoms with E-state index in [4.69, 9.17) is 0 Å². The first-order valence-electron chi connectivity index (χ1n) is 41.6. The highest BCUT2D eigenvalue weighted by atomic mass is 15.0. The van der Waals surface area contributed by atoms with Crippen molar-refractivity contribution in [2.75, 3.05) is 0 Å². The molecule has 0 fully saturated rings. The van der Waals surface area contributed by atoms with Crippen LogP contribution in [0.15, 0.2) is 291 Å². The first-order chi connectivity index (χ1) is 56.1. The van der Waals surface area contributed by atoms with Gasteiger partial charge in [0.05, 0.1) is 66.2 Å². The Balaban J connectivity index is 0.699. The molecule has 114 heavy (non-hydrogen) atoms. The minimum absolute atomic E-state index is 0.989. The number of rotatable bonds is 15. The van der Waals surface area contributed by atoms with Gasteiger partial charge in [0.1, 0.15) is 0 Å². The summed E-state index contributed by atoms with van der Waals surface area (Å²) < 4.78 is 15.1. The van der Waals surface area contributed by atoms with Gasteiger partial charge >= 0.3 is 0 Å². The number of benzene rings is 16. The Morgan fingerprint density at radius 2 is 0.316 bits per heavy atom. The quantitative estimate of drug-likeness (QED) is 0.0979. The molecule has 0 saturated heterocycles. The van der Waals surface area contributed by atoms with Crippen molar-refractivity contribution in [2.45, 2.75) is 107 Å². The van der Waals surface area contributed by atoms with E-state index in [1.807, 2.05) is 0 Å². The standard InChI is InChI=1S/C108H88N6/c1-9-65-23-39-97-85(51-65)86-52-66(10-2)24-40-98(86)111(97)77-33-47-105-93(61-77)94-62-78(112-99-41-25-67(11-3)53-87(99)88-54-68(12-4)26-42-100(88)112)34-48-106(94)109(105)75-31-37-81-73(59-75)19-17-21-83(81)84-22-18-20-74-60-76(32-38-82(74)84)110-107-49-35-79(113-101-43-27-69(13-5)55-89(101)90-56-70(14-6)28-44-102(90)113)63-95(107)96-64-80(36-50-108(96)110)114-103-45-29-71(15-7)57-91(103)92-58-72(16-8)30-46-104(92)114/h17-64H,9-16H2,1-8H3. The third kappa shape index (κ3) is 10.2. The average Bonchev–Trinajstić information content (AvgIpc) is 1.55. The molecular formula is C108H88N6. The molecule has 22 rings (SSSR count). The van der Waals surface area contributed by atoms with Gasteiger partial charge < -0.3 is 27.4 Å². The Labute approximate surface area is 663 Å². The Kier molecular flexibility index (Phi) is 15.6. The highest BCUT2D eigenvalue weighted by Crippen LogP contribution is 2.46. The molecule has 16 aromatic carbocycles. The summed E-state index contributed by atoms with van der Waals surface area (Å²) in [5, 5.41) is 20.1. The predicted octanol–water partition coefficient (Wildman–Crippen LogP) is 28.7. The van der Waals surface area contributed by atoms with Crippen LogP contribution in [0.2, 0.25) is 0 Å². The maximum absolute atomic E-state index is 2.52. The Bertz CT molecular complexity index is 6760. The molecule has 0 saturated carbocycles. The van der Waals surface area contributed by atoms with Gasteiger partial charge in [-0.15, -0.1) is 0 Å². The Morgan fingerprint density at radius 1 is 0.149 bits per heavy atom. The minimum Gasteiger partial charge on any atom is -0.309 e. The van der Waals surface area contributed by atoms with E-state index in [1.165, 1.54) is 208 Å². The van der Waals surface area contributed by atoms with Gasteiger partial charge in [-0.3, -0.25) is 0 Å². The van der Waals surface area contributed by atoms with E-state index in [9.17, 15) is 0 Å². The molecule has 0 spiro atoms. The highest BCUT2D eigenvalue weighted by molar-refractivity contribution is 6.18. The van der Waals surface area contributed by atoms with Gasteiger partial charge in [0.2, 0.25) is 0 Å². The second-order valence-electron chi connectivity index (χ2n) is 31.9. The molecule has 0 aliphatic heterocycles. The third-order valence-electron chi connectivity index (χ3n) is 25.9. The normalized spacial score (nSPS) is 12.3. The van der Waals surface area contributed by atoms with Gasteiger partial charge in [0.15, 0.2) is 0 Å². The van der Waals surface area contributed by atoms with Crippen LogP contribution in [0.1, 0.15) is 99.9 Å². The van der Waals surface area contributed by atoms with E-state index in [-0.39, 0.29) is 0 Å². The zero-order valence-corrected chi connectivity index (χ0v) is 66.1. The van der Waals surface area contributed by atoms with Gasteiger partial charge in [-0.1, -0.05) is 152 Å². The maximum Gasteiger partial charge on any atom is 0.0542 e. The second kappa shape index (κ2) is 26.2. The lowest BCUT2D eigenvalue weighted by atomic mass is 9.93. The van der Waals surface area contributed by atoms with E-state index in [0.29, 0.717) is 0 Å². The summed E-state index contributed by atoms with van der Waals surface area (Å²) in [6, 6.07) is 114. The van der Waals surface area contributed by atoms with E-state index < -0.39 is 0 Å². The molecule has 550 valence electrons. The monoisotopic (exact) mass is 1470 g/mol. The number of aromatic nitrogens is 6. The topological polar surface area (TPSA) is 29.6 Å². The van der Waals surface area contributed by atoms with Crippen molar-refractivity contribution in [1.29, 1.82) is 0 Å². The van der Waals surface area contributed by atoms with Crippen LogP contribution in [0.5, 0.6) is 0 Å². The lowest BCUT2D eigenvalue weighted by Crippen LogP contribution is -1.97. The molecule has 6 heteroatoms. The van der Waals surface area contributed by atoms with Crippen molar-refractivity contribution in [2.24, 2.45) is 0 Å². The van der Waals surface area contributed by atoms with Gasteiger partial charge in [-0.2, -0.15) is 0 Å². The fraction of sp³-hybridized carbons (Fsp3) is 0.148. The molecule has 0 aliphatic carbocycles. The second-order valence-corrected chi connectivity index (χ2v) is 31.9. The average molecular weight is 1470 g/mol. The van der Waals surface area contributed by atoms with E-state index in [0.717, 1.165) is 85.5 Å². The minimum atomic E-state index is 0.989. The molecular weight excluding hydrogens is 1380 g/mol. The van der Waals surface area contributed by atoms with Crippen molar-refractivity contribution in [3.8, 4) is 45.3 Å². The summed E-state index contributed by atoms with van der Waals surface area (Å²) in [6.45, 7) is 18.1. The van der Waals surface area contributed by atoms with Crippen LogP contribution in [0.4, 0.5) is 0 Å². The van der Waals surface area contributed by atoms with Crippen LogP contribution in [-0.2, 0) is 51.4 Å². The highest BCUT2D eigenvalue weighted by Gasteiger charge is 2.25. The van der Waals surface area contributed by atoms with E-state index >= 15 is 0 Å². The van der Waals surface area contributed by atoms with Gasteiger partial charge in [-0.25, -0.2) is 0 Å². The number of hydrogen-bond acceptors (Lipinski definition) is 0. The molecule has 22 aromatic rings. The Hall–Kier alpha value is -13.2. The van der Waals surface area contributed by atoms with Crippen LogP contribution < -0.4 is 0 Å². The van der Waals surface area contributed by atoms with Gasteiger partial charge in [0, 0.05) is 98.8 Å². The first-order valence-corrected chi connectivity index (χ1v) is 41.6. The third-order valence-corrected chi connectivity index (χ3v) is 25.9. The van der Waals surface area contributed by atoms with Crippen molar-refractivity contribution >= 4 is 152 Å². The SMILES string of the molecule is CCc1ccc2c(c1)c1cc(CC)ccc1n2-c1ccc2c(c1)c1cc(-n3c4ccc(CC)cc4c4cc(CC)ccc43)ccc1n2-c1ccc2c(-c3cccc4cc(-n5c6ccc(-n7c8ccc(CC)cc8c8cc(CC)ccc87)cc6c6cc(-n7c8ccc(CC)cc8c8cc(CC)ccc87)ccc65)ccc34)cccc2c1. The summed E-state index contributed by atoms with van der Waals surface area (Å²) in [4.78, 5) is 0. The van der Waals surface area contributed by atoms with E-state index in [1.54, 1.807) is 0 Å².